The van der Waals surface area contributed by atoms with Gasteiger partial charge < -0.3 is 14.7 Å². The molecule has 3 aromatic rings. The Hall–Kier alpha value is -3.36. The van der Waals surface area contributed by atoms with Gasteiger partial charge in [0, 0.05) is 48.9 Å². The Bertz CT molecular complexity index is 1130. The number of hydrogen-bond acceptors (Lipinski definition) is 6. The maximum atomic E-state index is 13.5. The van der Waals surface area contributed by atoms with Gasteiger partial charge in [0.05, 0.1) is 17.0 Å². The van der Waals surface area contributed by atoms with Crippen LogP contribution < -0.4 is 5.32 Å². The molecule has 1 amide bonds. The van der Waals surface area contributed by atoms with Crippen molar-refractivity contribution in [2.45, 2.75) is 44.6 Å². The maximum Gasteiger partial charge on any atom is 0.254 e. The minimum Gasteiger partial charge on any atom is -0.356 e. The summed E-state index contributed by atoms with van der Waals surface area (Å²) < 4.78 is 32.5. The Kier molecular flexibility index (Phi) is 5.32. The molecule has 7 nitrogen and oxygen atoms in total. The van der Waals surface area contributed by atoms with Crippen LogP contribution in [-0.4, -0.2) is 45.1 Å². The number of halogens is 2. The molecule has 5 rings (SSSR count). The van der Waals surface area contributed by atoms with E-state index in [-0.39, 0.29) is 17.4 Å². The number of likely N-dealkylation sites (tertiary alicyclic amines) is 1. The minimum absolute atomic E-state index is 0.0247. The predicted octanol–water partition coefficient (Wildman–Crippen LogP) is 4.31. The average molecular weight is 439 g/mol. The van der Waals surface area contributed by atoms with Crippen molar-refractivity contribution >= 4 is 11.9 Å². The SMILES string of the molecule is Cc1cc(-c2cnc(NC3CC3)nc2C2CCN(C(=O)c3cc(F)cc(F)c3)CC2)on1. The van der Waals surface area contributed by atoms with E-state index in [0.29, 0.717) is 43.7 Å². The lowest BCUT2D eigenvalue weighted by Crippen LogP contribution is -2.38. The van der Waals surface area contributed by atoms with Crippen LogP contribution in [0.3, 0.4) is 0 Å². The molecule has 1 aliphatic carbocycles. The van der Waals surface area contributed by atoms with Crippen molar-refractivity contribution in [2.24, 2.45) is 0 Å². The topological polar surface area (TPSA) is 84.2 Å². The first-order valence-corrected chi connectivity index (χ1v) is 10.8. The highest BCUT2D eigenvalue weighted by Gasteiger charge is 2.30. The number of nitrogens with zero attached hydrogens (tertiary/aromatic N) is 4. The molecule has 1 N–H and O–H groups in total. The zero-order chi connectivity index (χ0) is 22.2. The number of hydrogen-bond donors (Lipinski definition) is 1. The van der Waals surface area contributed by atoms with E-state index in [1.807, 2.05) is 13.0 Å². The quantitative estimate of drug-likeness (QED) is 0.638. The Balaban J connectivity index is 1.36. The van der Waals surface area contributed by atoms with Crippen molar-refractivity contribution in [1.82, 2.24) is 20.0 Å². The molecule has 0 spiro atoms. The van der Waals surface area contributed by atoms with Crippen molar-refractivity contribution in [2.75, 3.05) is 18.4 Å². The molecular formula is C23H23F2N5O2. The van der Waals surface area contributed by atoms with Crippen molar-refractivity contribution < 1.29 is 18.1 Å². The highest BCUT2D eigenvalue weighted by atomic mass is 19.1. The van der Waals surface area contributed by atoms with Crippen LogP contribution in [0, 0.1) is 18.6 Å². The second-order valence-corrected chi connectivity index (χ2v) is 8.47. The number of aryl methyl sites for hydroxylation is 1. The fourth-order valence-electron chi connectivity index (χ4n) is 4.08. The van der Waals surface area contributed by atoms with E-state index in [4.69, 9.17) is 9.51 Å². The Labute approximate surface area is 183 Å². The average Bonchev–Trinajstić information content (AvgIpc) is 3.49. The highest BCUT2D eigenvalue weighted by molar-refractivity contribution is 5.94. The number of nitrogens with one attached hydrogen (secondary N) is 1. The van der Waals surface area contributed by atoms with Gasteiger partial charge in [-0.15, -0.1) is 0 Å². The molecular weight excluding hydrogens is 416 g/mol. The summed E-state index contributed by atoms with van der Waals surface area (Å²) >= 11 is 0. The standard InChI is InChI=1S/C23H23F2N5O2/c1-13-8-20(32-29-13)19-12-26-23(27-18-2-3-18)28-21(19)14-4-6-30(7-5-14)22(31)15-9-16(24)11-17(25)10-15/h8-12,14,18H,2-7H2,1H3,(H,26,27,28). The van der Waals surface area contributed by atoms with E-state index < -0.39 is 11.6 Å². The minimum atomic E-state index is -0.757. The summed E-state index contributed by atoms with van der Waals surface area (Å²) in [5, 5.41) is 7.32. The summed E-state index contributed by atoms with van der Waals surface area (Å²) in [5.74, 6) is -0.586. The predicted molar refractivity (Wildman–Crippen MR) is 113 cm³/mol. The van der Waals surface area contributed by atoms with Crippen LogP contribution in [0.15, 0.2) is 35.0 Å². The van der Waals surface area contributed by atoms with Crippen LogP contribution in [0.25, 0.3) is 11.3 Å². The monoisotopic (exact) mass is 439 g/mol. The molecule has 1 saturated heterocycles. The van der Waals surface area contributed by atoms with Crippen molar-refractivity contribution in [3.8, 4) is 11.3 Å². The van der Waals surface area contributed by atoms with Gasteiger partial charge in [0.1, 0.15) is 11.6 Å². The first kappa shape index (κ1) is 20.5. The second-order valence-electron chi connectivity index (χ2n) is 8.47. The highest BCUT2D eigenvalue weighted by Crippen LogP contribution is 2.35. The third-order valence-electron chi connectivity index (χ3n) is 5.90. The fraction of sp³-hybridized carbons (Fsp3) is 0.391. The molecule has 0 bridgehead atoms. The number of amides is 1. The Morgan fingerprint density at radius 3 is 2.44 bits per heavy atom. The van der Waals surface area contributed by atoms with Gasteiger partial charge in [0.15, 0.2) is 5.76 Å². The number of carbonyl (C=O) groups excluding carboxylic acids is 1. The largest absolute Gasteiger partial charge is 0.356 e. The molecule has 32 heavy (non-hydrogen) atoms. The smallest absolute Gasteiger partial charge is 0.254 e. The van der Waals surface area contributed by atoms with E-state index >= 15 is 0 Å². The first-order chi connectivity index (χ1) is 15.5. The number of piperidine rings is 1. The summed E-state index contributed by atoms with van der Waals surface area (Å²) in [4.78, 5) is 23.6. The number of anilines is 1. The van der Waals surface area contributed by atoms with Crippen LogP contribution in [0.5, 0.6) is 0 Å². The molecule has 1 aliphatic heterocycles. The summed E-state index contributed by atoms with van der Waals surface area (Å²) in [6, 6.07) is 5.18. The van der Waals surface area contributed by atoms with Gasteiger partial charge in [-0.2, -0.15) is 0 Å². The number of benzene rings is 1. The lowest BCUT2D eigenvalue weighted by Gasteiger charge is -2.32. The third-order valence-corrected chi connectivity index (χ3v) is 5.90. The number of aromatic nitrogens is 3. The van der Waals surface area contributed by atoms with Gasteiger partial charge in [-0.05, 0) is 44.7 Å². The fourth-order valence-corrected chi connectivity index (χ4v) is 4.08. The van der Waals surface area contributed by atoms with E-state index in [0.717, 1.165) is 48.0 Å². The molecule has 2 fully saturated rings. The van der Waals surface area contributed by atoms with Crippen LogP contribution >= 0.6 is 0 Å². The zero-order valence-corrected chi connectivity index (χ0v) is 17.6. The molecule has 9 heteroatoms. The molecule has 2 aromatic heterocycles. The van der Waals surface area contributed by atoms with Gasteiger partial charge in [0.25, 0.3) is 5.91 Å². The van der Waals surface area contributed by atoms with Crippen LogP contribution in [0.1, 0.15) is 53.3 Å². The van der Waals surface area contributed by atoms with Crippen LogP contribution in [-0.2, 0) is 0 Å². The first-order valence-electron chi connectivity index (χ1n) is 10.8. The summed E-state index contributed by atoms with van der Waals surface area (Å²) in [6.07, 6.45) is 5.33. The summed E-state index contributed by atoms with van der Waals surface area (Å²) in [7, 11) is 0. The van der Waals surface area contributed by atoms with E-state index in [2.05, 4.69) is 15.5 Å². The molecule has 2 aliphatic rings. The van der Waals surface area contributed by atoms with E-state index in [1.54, 1.807) is 11.1 Å². The molecule has 166 valence electrons. The van der Waals surface area contributed by atoms with Crippen molar-refractivity contribution in [3.05, 3.63) is 59.0 Å². The van der Waals surface area contributed by atoms with Gasteiger partial charge in [-0.1, -0.05) is 5.16 Å². The lowest BCUT2D eigenvalue weighted by atomic mass is 9.90. The van der Waals surface area contributed by atoms with Gasteiger partial charge >= 0.3 is 0 Å². The molecule has 1 aromatic carbocycles. The maximum absolute atomic E-state index is 13.5. The molecule has 1 saturated carbocycles. The van der Waals surface area contributed by atoms with Crippen LogP contribution in [0.2, 0.25) is 0 Å². The van der Waals surface area contributed by atoms with Gasteiger partial charge in [0.2, 0.25) is 5.95 Å². The van der Waals surface area contributed by atoms with Gasteiger partial charge in [-0.3, -0.25) is 4.79 Å². The molecule has 0 unspecified atom stereocenters. The number of rotatable bonds is 5. The molecule has 0 radical (unpaired) electrons. The zero-order valence-electron chi connectivity index (χ0n) is 17.6. The Morgan fingerprint density at radius 2 is 1.81 bits per heavy atom. The summed E-state index contributed by atoms with van der Waals surface area (Å²) in [6.45, 7) is 2.79. The van der Waals surface area contributed by atoms with Gasteiger partial charge in [-0.25, -0.2) is 18.7 Å². The normalized spacial score (nSPS) is 16.9. The van der Waals surface area contributed by atoms with Crippen LogP contribution in [0.4, 0.5) is 14.7 Å². The summed E-state index contributed by atoms with van der Waals surface area (Å²) in [5.41, 5.74) is 2.46. The number of carbonyl (C=O) groups is 1. The molecule has 0 atom stereocenters. The van der Waals surface area contributed by atoms with E-state index in [1.165, 1.54) is 0 Å². The Morgan fingerprint density at radius 1 is 1.09 bits per heavy atom. The molecule has 3 heterocycles. The van der Waals surface area contributed by atoms with E-state index in [9.17, 15) is 13.6 Å². The lowest BCUT2D eigenvalue weighted by molar-refractivity contribution is 0.0711. The van der Waals surface area contributed by atoms with Crippen molar-refractivity contribution in [1.29, 1.82) is 0 Å². The second kappa shape index (κ2) is 8.29. The third kappa shape index (κ3) is 4.32. The van der Waals surface area contributed by atoms with Crippen molar-refractivity contribution in [3.63, 3.8) is 0 Å².